The molecule has 4 heteroatoms. The van der Waals surface area contributed by atoms with Crippen LogP contribution in [0.3, 0.4) is 0 Å². The van der Waals surface area contributed by atoms with E-state index in [9.17, 15) is 0 Å². The van der Waals surface area contributed by atoms with Crippen LogP contribution in [0, 0.1) is 0 Å². The fraction of sp³-hybridized carbons (Fsp3) is 0.600. The summed E-state index contributed by atoms with van der Waals surface area (Å²) >= 11 is 1.21. The zero-order chi connectivity index (χ0) is 6.27. The molecule has 9 heavy (non-hydrogen) atoms. The van der Waals surface area contributed by atoms with Gasteiger partial charge < -0.3 is 5.73 Å². The molecule has 0 saturated heterocycles. The second kappa shape index (κ2) is 1.67. The molecule has 1 fully saturated rings. The molecule has 1 aromatic heterocycles. The molecule has 1 saturated carbocycles. The van der Waals surface area contributed by atoms with Gasteiger partial charge in [-0.05, 0) is 12.8 Å². The largest absolute Gasteiger partial charge is 0.381 e. The van der Waals surface area contributed by atoms with Crippen molar-refractivity contribution >= 4 is 17.5 Å². The minimum atomic E-state index is 0.641. The lowest BCUT2D eigenvalue weighted by molar-refractivity contribution is 1.07. The highest BCUT2D eigenvalue weighted by Gasteiger charge is 2.28. The van der Waals surface area contributed by atoms with Crippen molar-refractivity contribution in [1.82, 2.24) is 8.75 Å². The summed E-state index contributed by atoms with van der Waals surface area (Å²) in [4.78, 5) is 0. The Morgan fingerprint density at radius 3 is 2.67 bits per heavy atom. The summed E-state index contributed by atoms with van der Waals surface area (Å²) in [5.74, 6) is 1.28. The predicted octanol–water partition coefficient (Wildman–Crippen LogP) is 0.998. The van der Waals surface area contributed by atoms with Crippen LogP contribution in [0.15, 0.2) is 0 Å². The van der Waals surface area contributed by atoms with E-state index in [0.717, 1.165) is 5.69 Å². The number of nitrogens with two attached hydrogens (primary N) is 1. The second-order valence-electron chi connectivity index (χ2n) is 2.31. The summed E-state index contributed by atoms with van der Waals surface area (Å²) in [6.45, 7) is 0. The van der Waals surface area contributed by atoms with Gasteiger partial charge in [-0.3, -0.25) is 0 Å². The molecule has 3 nitrogen and oxygen atoms in total. The third-order valence-corrected chi connectivity index (χ3v) is 2.06. The maximum Gasteiger partial charge on any atom is 0.160 e. The number of anilines is 1. The lowest BCUT2D eigenvalue weighted by Gasteiger charge is -1.86. The van der Waals surface area contributed by atoms with Crippen molar-refractivity contribution < 1.29 is 0 Å². The van der Waals surface area contributed by atoms with Crippen LogP contribution in [-0.2, 0) is 0 Å². The second-order valence-corrected chi connectivity index (χ2v) is 2.84. The molecule has 0 atom stereocenters. The molecular weight excluding hydrogens is 134 g/mol. The smallest absolute Gasteiger partial charge is 0.160 e. The van der Waals surface area contributed by atoms with E-state index in [4.69, 9.17) is 5.73 Å². The molecule has 48 valence electrons. The third kappa shape index (κ3) is 0.790. The highest BCUT2D eigenvalue weighted by Crippen LogP contribution is 2.41. The highest BCUT2D eigenvalue weighted by molar-refractivity contribution is 6.99. The monoisotopic (exact) mass is 141 g/mol. The zero-order valence-corrected chi connectivity index (χ0v) is 5.69. The predicted molar refractivity (Wildman–Crippen MR) is 36.3 cm³/mol. The number of hydrogen-bond donors (Lipinski definition) is 1. The first-order valence-corrected chi connectivity index (χ1v) is 3.69. The maximum absolute atomic E-state index is 5.52. The minimum Gasteiger partial charge on any atom is -0.381 e. The first-order valence-electron chi connectivity index (χ1n) is 2.96. The van der Waals surface area contributed by atoms with Crippen molar-refractivity contribution in [3.05, 3.63) is 5.69 Å². The van der Waals surface area contributed by atoms with Crippen molar-refractivity contribution in [3.63, 3.8) is 0 Å². The Balaban J connectivity index is 2.35. The van der Waals surface area contributed by atoms with Crippen LogP contribution in [-0.4, -0.2) is 8.75 Å². The summed E-state index contributed by atoms with van der Waals surface area (Å²) in [5.41, 5.74) is 6.55. The number of hydrogen-bond acceptors (Lipinski definition) is 4. The van der Waals surface area contributed by atoms with Crippen molar-refractivity contribution in [1.29, 1.82) is 0 Å². The van der Waals surface area contributed by atoms with Gasteiger partial charge in [0.05, 0.1) is 11.7 Å². The van der Waals surface area contributed by atoms with Gasteiger partial charge in [0.2, 0.25) is 0 Å². The third-order valence-electron chi connectivity index (χ3n) is 1.50. The lowest BCUT2D eigenvalue weighted by atomic mass is 10.3. The van der Waals surface area contributed by atoms with E-state index < -0.39 is 0 Å². The molecular formula is C5H7N3S. The first-order chi connectivity index (χ1) is 4.38. The quantitative estimate of drug-likeness (QED) is 0.634. The molecule has 0 radical (unpaired) electrons. The Kier molecular flexibility index (Phi) is 0.958. The van der Waals surface area contributed by atoms with Gasteiger partial charge in [0.1, 0.15) is 5.69 Å². The van der Waals surface area contributed by atoms with E-state index in [1.165, 1.54) is 24.6 Å². The molecule has 1 aromatic rings. The Labute approximate surface area is 57.2 Å². The molecule has 1 aliphatic carbocycles. The number of nitrogen functional groups attached to an aromatic ring is 1. The molecule has 0 aromatic carbocycles. The van der Waals surface area contributed by atoms with E-state index in [0.29, 0.717) is 11.7 Å². The van der Waals surface area contributed by atoms with E-state index in [-0.39, 0.29) is 0 Å². The standard InChI is InChI=1S/C5H7N3S/c6-5-4(3-1-2-3)7-9-8-5/h3H,1-2H2,(H2,6,8). The van der Waals surface area contributed by atoms with Crippen LogP contribution in [0.5, 0.6) is 0 Å². The number of nitrogens with zero attached hydrogens (tertiary/aromatic N) is 2. The van der Waals surface area contributed by atoms with Gasteiger partial charge in [-0.1, -0.05) is 0 Å². The average Bonchev–Trinajstić information content (AvgIpc) is 2.58. The van der Waals surface area contributed by atoms with Crippen molar-refractivity contribution in [2.75, 3.05) is 5.73 Å². The van der Waals surface area contributed by atoms with Gasteiger partial charge in [0.15, 0.2) is 5.82 Å². The molecule has 0 unspecified atom stereocenters. The Morgan fingerprint density at radius 2 is 2.22 bits per heavy atom. The summed E-state index contributed by atoms with van der Waals surface area (Å²) in [7, 11) is 0. The van der Waals surface area contributed by atoms with Crippen molar-refractivity contribution in [2.45, 2.75) is 18.8 Å². The van der Waals surface area contributed by atoms with Gasteiger partial charge >= 0.3 is 0 Å². The van der Waals surface area contributed by atoms with Crippen LogP contribution >= 0.6 is 11.7 Å². The van der Waals surface area contributed by atoms with Crippen LogP contribution in [0.25, 0.3) is 0 Å². The van der Waals surface area contributed by atoms with Crippen LogP contribution in [0.2, 0.25) is 0 Å². The highest BCUT2D eigenvalue weighted by atomic mass is 32.1. The Morgan fingerprint density at radius 1 is 1.44 bits per heavy atom. The average molecular weight is 141 g/mol. The molecule has 1 heterocycles. The zero-order valence-electron chi connectivity index (χ0n) is 4.87. The molecule has 2 N–H and O–H groups in total. The van der Waals surface area contributed by atoms with E-state index in [2.05, 4.69) is 8.75 Å². The number of aromatic nitrogens is 2. The van der Waals surface area contributed by atoms with E-state index in [1.807, 2.05) is 0 Å². The molecule has 0 bridgehead atoms. The Hall–Kier alpha value is -0.640. The van der Waals surface area contributed by atoms with Gasteiger partial charge in [0, 0.05) is 5.92 Å². The molecule has 2 rings (SSSR count). The van der Waals surface area contributed by atoms with E-state index >= 15 is 0 Å². The molecule has 0 aliphatic heterocycles. The fourth-order valence-electron chi connectivity index (χ4n) is 0.842. The normalized spacial score (nSPS) is 18.2. The van der Waals surface area contributed by atoms with E-state index in [1.54, 1.807) is 0 Å². The topological polar surface area (TPSA) is 51.8 Å². The number of rotatable bonds is 1. The van der Waals surface area contributed by atoms with Crippen LogP contribution < -0.4 is 5.73 Å². The summed E-state index contributed by atoms with van der Waals surface area (Å²) in [5, 5.41) is 0. The van der Waals surface area contributed by atoms with Gasteiger partial charge in [-0.25, -0.2) is 0 Å². The molecule has 0 amide bonds. The molecule has 1 aliphatic rings. The van der Waals surface area contributed by atoms with Gasteiger partial charge in [0.25, 0.3) is 0 Å². The summed E-state index contributed by atoms with van der Waals surface area (Å²) in [6.07, 6.45) is 2.49. The SMILES string of the molecule is Nc1nsnc1C1CC1. The summed E-state index contributed by atoms with van der Waals surface area (Å²) < 4.78 is 7.97. The van der Waals surface area contributed by atoms with Crippen LogP contribution in [0.1, 0.15) is 24.5 Å². The summed E-state index contributed by atoms with van der Waals surface area (Å²) in [6, 6.07) is 0. The van der Waals surface area contributed by atoms with Crippen LogP contribution in [0.4, 0.5) is 5.82 Å². The maximum atomic E-state index is 5.52. The Bertz CT molecular complexity index is 216. The van der Waals surface area contributed by atoms with Gasteiger partial charge in [-0.2, -0.15) is 8.75 Å². The van der Waals surface area contributed by atoms with Gasteiger partial charge in [-0.15, -0.1) is 0 Å². The first kappa shape index (κ1) is 5.17. The minimum absolute atomic E-state index is 0.641. The lowest BCUT2D eigenvalue weighted by Crippen LogP contribution is -1.89. The van der Waals surface area contributed by atoms with Crippen molar-refractivity contribution in [3.8, 4) is 0 Å². The van der Waals surface area contributed by atoms with Crippen molar-refractivity contribution in [2.24, 2.45) is 0 Å². The fourth-order valence-corrected chi connectivity index (χ4v) is 1.40. The molecule has 0 spiro atoms.